The van der Waals surface area contributed by atoms with E-state index in [1.807, 2.05) is 0 Å². The molecule has 0 aromatic heterocycles. The third-order valence-electron chi connectivity index (χ3n) is 5.59. The fourth-order valence-electron chi connectivity index (χ4n) is 4.12. The van der Waals surface area contributed by atoms with Crippen molar-refractivity contribution in [3.8, 4) is 0 Å². The van der Waals surface area contributed by atoms with Crippen LogP contribution in [0.2, 0.25) is 0 Å². The molecule has 0 radical (unpaired) electrons. The molecular formula is C19H37NS. The molecule has 2 heteroatoms. The second-order valence-corrected chi connectivity index (χ2v) is 8.60. The lowest BCUT2D eigenvalue weighted by atomic mass is 9.97. The molecule has 0 saturated heterocycles. The first-order valence-electron chi connectivity index (χ1n) is 9.69. The molecule has 2 atom stereocenters. The maximum atomic E-state index is 3.66. The Morgan fingerprint density at radius 1 is 0.714 bits per heavy atom. The largest absolute Gasteiger partial charge is 0.316 e. The van der Waals surface area contributed by atoms with E-state index in [0.29, 0.717) is 0 Å². The average molecular weight is 312 g/mol. The van der Waals surface area contributed by atoms with Gasteiger partial charge in [-0.15, -0.1) is 0 Å². The zero-order chi connectivity index (χ0) is 14.8. The smallest absolute Gasteiger partial charge is 0.0201 e. The first-order chi connectivity index (χ1) is 10.4. The first kappa shape index (κ1) is 17.7. The first-order valence-corrected chi connectivity index (χ1v) is 10.7. The normalized spacial score (nSPS) is 30.7. The highest BCUT2D eigenvalue weighted by Crippen LogP contribution is 2.32. The van der Waals surface area contributed by atoms with Crippen LogP contribution in [0.25, 0.3) is 0 Å². The van der Waals surface area contributed by atoms with Gasteiger partial charge in [-0.1, -0.05) is 64.2 Å². The van der Waals surface area contributed by atoms with E-state index in [1.165, 1.54) is 95.6 Å². The fourth-order valence-corrected chi connectivity index (χ4v) is 5.81. The zero-order valence-corrected chi connectivity index (χ0v) is 15.1. The number of hydrogen-bond acceptors (Lipinski definition) is 2. The fraction of sp³-hybridized carbons (Fsp3) is 1.00. The topological polar surface area (TPSA) is 12.0 Å². The highest BCUT2D eigenvalue weighted by atomic mass is 32.2. The summed E-state index contributed by atoms with van der Waals surface area (Å²) in [5, 5.41) is 4.53. The van der Waals surface area contributed by atoms with Gasteiger partial charge in [-0.3, -0.25) is 0 Å². The van der Waals surface area contributed by atoms with Crippen molar-refractivity contribution in [3.05, 3.63) is 0 Å². The molecule has 2 unspecified atom stereocenters. The highest BCUT2D eigenvalue weighted by molar-refractivity contribution is 7.99. The molecule has 0 heterocycles. The average Bonchev–Trinajstić information content (AvgIpc) is 3.00. The summed E-state index contributed by atoms with van der Waals surface area (Å²) in [6.07, 6.45) is 20.6. The van der Waals surface area contributed by atoms with Gasteiger partial charge in [0.2, 0.25) is 0 Å². The number of rotatable bonds is 4. The minimum atomic E-state index is 0.760. The lowest BCUT2D eigenvalue weighted by Crippen LogP contribution is -2.36. The molecule has 2 rings (SSSR count). The van der Waals surface area contributed by atoms with Gasteiger partial charge in [-0.05, 0) is 44.4 Å². The van der Waals surface area contributed by atoms with Crippen molar-refractivity contribution in [1.29, 1.82) is 0 Å². The van der Waals surface area contributed by atoms with Crippen LogP contribution in [0, 0.1) is 5.92 Å². The van der Waals surface area contributed by atoms with Crippen molar-refractivity contribution < 1.29 is 0 Å². The molecule has 0 bridgehead atoms. The Labute approximate surface area is 137 Å². The molecule has 0 aromatic rings. The van der Waals surface area contributed by atoms with E-state index in [-0.39, 0.29) is 0 Å². The Bertz CT molecular complexity index is 250. The molecule has 1 nitrogen and oxygen atoms in total. The number of thioether (sulfide) groups is 1. The lowest BCUT2D eigenvalue weighted by Gasteiger charge is -2.28. The molecular weight excluding hydrogens is 274 g/mol. The molecule has 0 aliphatic heterocycles. The standard InChI is InChI=1S/C19H37NS/c1-20-18-14-8-6-4-2-3-5-7-9-15-19(18)21-16-17-12-10-11-13-17/h17-20H,2-16H2,1H3. The van der Waals surface area contributed by atoms with E-state index in [0.717, 1.165) is 17.2 Å². The van der Waals surface area contributed by atoms with Gasteiger partial charge in [0.1, 0.15) is 0 Å². The Morgan fingerprint density at radius 2 is 1.24 bits per heavy atom. The van der Waals surface area contributed by atoms with Gasteiger partial charge in [-0.25, -0.2) is 0 Å². The van der Waals surface area contributed by atoms with Crippen LogP contribution >= 0.6 is 11.8 Å². The molecule has 0 spiro atoms. The predicted octanol–water partition coefficient (Wildman–Crippen LogP) is 5.78. The molecule has 2 aliphatic rings. The van der Waals surface area contributed by atoms with Gasteiger partial charge in [0.15, 0.2) is 0 Å². The zero-order valence-electron chi connectivity index (χ0n) is 14.2. The van der Waals surface area contributed by atoms with Crippen LogP contribution in [-0.4, -0.2) is 24.1 Å². The quantitative estimate of drug-likeness (QED) is 0.706. The molecule has 0 amide bonds. The van der Waals surface area contributed by atoms with Gasteiger partial charge >= 0.3 is 0 Å². The molecule has 2 fully saturated rings. The molecule has 0 aromatic carbocycles. The van der Waals surface area contributed by atoms with Crippen LogP contribution in [0.4, 0.5) is 0 Å². The summed E-state index contributed by atoms with van der Waals surface area (Å²) in [5.74, 6) is 2.47. The second kappa shape index (κ2) is 10.9. The van der Waals surface area contributed by atoms with Crippen LogP contribution in [0.3, 0.4) is 0 Å². The summed E-state index contributed by atoms with van der Waals surface area (Å²) in [6, 6.07) is 0.760. The van der Waals surface area contributed by atoms with Gasteiger partial charge in [0, 0.05) is 11.3 Å². The van der Waals surface area contributed by atoms with E-state index in [9.17, 15) is 0 Å². The highest BCUT2D eigenvalue weighted by Gasteiger charge is 2.23. The van der Waals surface area contributed by atoms with Crippen molar-refractivity contribution in [2.24, 2.45) is 5.92 Å². The van der Waals surface area contributed by atoms with Crippen LogP contribution in [-0.2, 0) is 0 Å². The maximum absolute atomic E-state index is 3.66. The Hall–Kier alpha value is 0.310. The summed E-state index contributed by atoms with van der Waals surface area (Å²) in [7, 11) is 2.19. The third kappa shape index (κ3) is 6.95. The van der Waals surface area contributed by atoms with Crippen molar-refractivity contribution in [1.82, 2.24) is 5.32 Å². The molecule has 2 saturated carbocycles. The van der Waals surface area contributed by atoms with E-state index >= 15 is 0 Å². The van der Waals surface area contributed by atoms with Gasteiger partial charge in [0.05, 0.1) is 0 Å². The minimum absolute atomic E-state index is 0.760. The SMILES string of the molecule is CNC1CCCCCCCCCCC1SCC1CCCC1. The van der Waals surface area contributed by atoms with Crippen molar-refractivity contribution in [2.75, 3.05) is 12.8 Å². The van der Waals surface area contributed by atoms with Crippen LogP contribution in [0.15, 0.2) is 0 Å². The second-order valence-electron chi connectivity index (χ2n) is 7.32. The van der Waals surface area contributed by atoms with Gasteiger partial charge < -0.3 is 5.32 Å². The van der Waals surface area contributed by atoms with Gasteiger partial charge in [-0.2, -0.15) is 11.8 Å². The van der Waals surface area contributed by atoms with Crippen LogP contribution in [0.1, 0.15) is 89.9 Å². The van der Waals surface area contributed by atoms with Crippen molar-refractivity contribution >= 4 is 11.8 Å². The Kier molecular flexibility index (Phi) is 9.20. The van der Waals surface area contributed by atoms with Crippen molar-refractivity contribution in [3.63, 3.8) is 0 Å². The van der Waals surface area contributed by atoms with Crippen LogP contribution < -0.4 is 5.32 Å². The summed E-state index contributed by atoms with van der Waals surface area (Å²) in [6.45, 7) is 0. The monoisotopic (exact) mass is 311 g/mol. The summed E-state index contributed by atoms with van der Waals surface area (Å²) < 4.78 is 0. The molecule has 21 heavy (non-hydrogen) atoms. The van der Waals surface area contributed by atoms with Crippen LogP contribution in [0.5, 0.6) is 0 Å². The van der Waals surface area contributed by atoms with Gasteiger partial charge in [0.25, 0.3) is 0 Å². The van der Waals surface area contributed by atoms with E-state index in [1.54, 1.807) is 0 Å². The number of nitrogens with one attached hydrogen (secondary N) is 1. The summed E-state index contributed by atoms with van der Waals surface area (Å²) >= 11 is 2.32. The molecule has 124 valence electrons. The van der Waals surface area contributed by atoms with E-state index in [4.69, 9.17) is 0 Å². The minimum Gasteiger partial charge on any atom is -0.316 e. The summed E-state index contributed by atoms with van der Waals surface area (Å²) in [4.78, 5) is 0. The lowest BCUT2D eigenvalue weighted by molar-refractivity contribution is 0.433. The predicted molar refractivity (Wildman–Crippen MR) is 97.2 cm³/mol. The van der Waals surface area contributed by atoms with E-state index < -0.39 is 0 Å². The van der Waals surface area contributed by atoms with E-state index in [2.05, 4.69) is 24.1 Å². The number of hydrogen-bond donors (Lipinski definition) is 1. The Balaban J connectivity index is 1.80. The molecule has 2 aliphatic carbocycles. The summed E-state index contributed by atoms with van der Waals surface area (Å²) in [5.41, 5.74) is 0. The maximum Gasteiger partial charge on any atom is 0.0201 e. The van der Waals surface area contributed by atoms with Crippen molar-refractivity contribution in [2.45, 2.75) is 101 Å². The Morgan fingerprint density at radius 3 is 1.86 bits per heavy atom. The molecule has 1 N–H and O–H groups in total. The third-order valence-corrected chi connectivity index (χ3v) is 7.25.